The number of thiazole rings is 1. The van der Waals surface area contributed by atoms with Crippen LogP contribution in [0.1, 0.15) is 34.8 Å². The third-order valence-corrected chi connectivity index (χ3v) is 6.60. The molecule has 3 aromatic rings. The van der Waals surface area contributed by atoms with Crippen molar-refractivity contribution in [3.63, 3.8) is 0 Å². The number of para-hydroxylation sites is 1. The van der Waals surface area contributed by atoms with Crippen LogP contribution >= 0.6 is 34.5 Å². The van der Waals surface area contributed by atoms with Gasteiger partial charge >= 0.3 is 5.97 Å². The Labute approximate surface area is 228 Å². The molecule has 2 aromatic carbocycles. The van der Waals surface area contributed by atoms with Crippen LogP contribution in [0.2, 0.25) is 10.0 Å². The number of aromatic nitrogens is 1. The molecule has 0 fully saturated rings. The lowest BCUT2D eigenvalue weighted by Crippen LogP contribution is -2.12. The number of amides is 1. The van der Waals surface area contributed by atoms with Crippen LogP contribution in [0.4, 0.5) is 5.13 Å². The van der Waals surface area contributed by atoms with Crippen molar-refractivity contribution in [1.29, 1.82) is 0 Å². The second-order valence-corrected chi connectivity index (χ2v) is 9.40. The summed E-state index contributed by atoms with van der Waals surface area (Å²) in [5.41, 5.74) is 2.88. The number of aliphatic carboxylic acids is 1. The van der Waals surface area contributed by atoms with E-state index in [1.165, 1.54) is 36.7 Å². The van der Waals surface area contributed by atoms with Gasteiger partial charge in [-0.05, 0) is 42.7 Å². The Morgan fingerprint density at radius 1 is 1.16 bits per heavy atom. The van der Waals surface area contributed by atoms with E-state index in [-0.39, 0.29) is 26.9 Å². The van der Waals surface area contributed by atoms with Crippen molar-refractivity contribution in [2.75, 3.05) is 32.8 Å². The predicted molar refractivity (Wildman–Crippen MR) is 146 cm³/mol. The van der Waals surface area contributed by atoms with Gasteiger partial charge in [0.2, 0.25) is 5.76 Å². The molecule has 0 unspecified atom stereocenters. The highest BCUT2D eigenvalue weighted by Crippen LogP contribution is 2.35. The van der Waals surface area contributed by atoms with E-state index in [9.17, 15) is 9.59 Å². The van der Waals surface area contributed by atoms with Crippen molar-refractivity contribution in [1.82, 2.24) is 4.98 Å². The van der Waals surface area contributed by atoms with E-state index in [0.29, 0.717) is 36.2 Å². The predicted octanol–water partition coefficient (Wildman–Crippen LogP) is 6.42. The Balaban J connectivity index is 1.79. The van der Waals surface area contributed by atoms with E-state index >= 15 is 0 Å². The molecule has 0 aliphatic heterocycles. The molecule has 2 N–H and O–H groups in total. The van der Waals surface area contributed by atoms with Crippen molar-refractivity contribution in [2.24, 2.45) is 0 Å². The summed E-state index contributed by atoms with van der Waals surface area (Å²) in [6, 6.07) is 8.62. The van der Waals surface area contributed by atoms with Crippen molar-refractivity contribution >= 4 is 57.6 Å². The topological polar surface area (TPSA) is 107 Å². The molecule has 0 saturated carbocycles. The molecular formula is C26H26Cl2N2O6S. The lowest BCUT2D eigenvalue weighted by atomic mass is 10.0. The zero-order valence-electron chi connectivity index (χ0n) is 20.5. The number of hydrogen-bond acceptors (Lipinski definition) is 7. The van der Waals surface area contributed by atoms with Crippen LogP contribution in [0.3, 0.4) is 0 Å². The number of carbonyl (C=O) groups excluding carboxylic acids is 1. The fourth-order valence-corrected chi connectivity index (χ4v) is 4.77. The molecule has 1 aromatic heterocycles. The van der Waals surface area contributed by atoms with Crippen molar-refractivity contribution < 1.29 is 28.9 Å². The van der Waals surface area contributed by atoms with Gasteiger partial charge in [0, 0.05) is 28.7 Å². The third-order valence-electron chi connectivity index (χ3n) is 5.21. The number of ether oxygens (including phenoxy) is 3. The van der Waals surface area contributed by atoms with Gasteiger partial charge in [0.05, 0.1) is 36.6 Å². The minimum atomic E-state index is -1.27. The Morgan fingerprint density at radius 3 is 2.51 bits per heavy atom. The summed E-state index contributed by atoms with van der Waals surface area (Å²) in [5, 5.41) is 14.3. The Bertz CT molecular complexity index is 1280. The van der Waals surface area contributed by atoms with Crippen molar-refractivity contribution in [3.05, 3.63) is 68.2 Å². The fraction of sp³-hybridized carbons (Fsp3) is 0.269. The smallest absolute Gasteiger partial charge is 0.371 e. The van der Waals surface area contributed by atoms with Gasteiger partial charge in [-0.25, -0.2) is 9.78 Å². The number of carboxylic acids is 1. The summed E-state index contributed by atoms with van der Waals surface area (Å²) in [5.74, 6) is -1.38. The summed E-state index contributed by atoms with van der Waals surface area (Å²) in [4.78, 5) is 28.6. The molecule has 37 heavy (non-hydrogen) atoms. The summed E-state index contributed by atoms with van der Waals surface area (Å²) in [6.07, 6.45) is 2.86. The number of benzene rings is 2. The van der Waals surface area contributed by atoms with Gasteiger partial charge in [-0.15, -0.1) is 11.3 Å². The Kier molecular flexibility index (Phi) is 10.3. The molecule has 3 rings (SSSR count). The van der Waals surface area contributed by atoms with Gasteiger partial charge in [-0.2, -0.15) is 0 Å². The lowest BCUT2D eigenvalue weighted by molar-refractivity contribution is -0.135. The highest BCUT2D eigenvalue weighted by molar-refractivity contribution is 7.14. The van der Waals surface area contributed by atoms with Crippen LogP contribution in [0.5, 0.6) is 5.75 Å². The monoisotopic (exact) mass is 564 g/mol. The number of nitrogens with zero attached hydrogens (tertiary/aromatic N) is 1. The first-order valence-electron chi connectivity index (χ1n) is 11.3. The van der Waals surface area contributed by atoms with Gasteiger partial charge in [-0.1, -0.05) is 42.3 Å². The van der Waals surface area contributed by atoms with E-state index < -0.39 is 11.9 Å². The zero-order valence-corrected chi connectivity index (χ0v) is 22.8. The van der Waals surface area contributed by atoms with E-state index in [0.717, 1.165) is 17.5 Å². The minimum absolute atomic E-state index is 0.0951. The minimum Gasteiger partial charge on any atom is -0.496 e. The Morgan fingerprint density at radius 2 is 1.89 bits per heavy atom. The molecule has 11 heteroatoms. The maximum atomic E-state index is 12.9. The van der Waals surface area contributed by atoms with Gasteiger partial charge in [0.15, 0.2) is 5.13 Å². The van der Waals surface area contributed by atoms with E-state index in [2.05, 4.69) is 17.2 Å². The third kappa shape index (κ3) is 7.23. The summed E-state index contributed by atoms with van der Waals surface area (Å²) < 4.78 is 16.1. The average molecular weight is 565 g/mol. The quantitative estimate of drug-likeness (QED) is 0.148. The van der Waals surface area contributed by atoms with Crippen molar-refractivity contribution in [2.45, 2.75) is 19.8 Å². The number of halogens is 2. The molecule has 196 valence electrons. The van der Waals surface area contributed by atoms with E-state index in [1.54, 1.807) is 7.11 Å². The maximum absolute atomic E-state index is 12.9. The molecule has 1 amide bonds. The lowest BCUT2D eigenvalue weighted by Gasteiger charge is -2.12. The Hall–Kier alpha value is -3.11. The molecule has 0 aliphatic carbocycles. The number of anilines is 1. The summed E-state index contributed by atoms with van der Waals surface area (Å²) in [7, 11) is 2.84. The molecule has 0 atom stereocenters. The van der Waals surface area contributed by atoms with Crippen LogP contribution in [-0.4, -0.2) is 49.4 Å². The first kappa shape index (κ1) is 28.5. The number of nitrogens with one attached hydrogen (secondary N) is 1. The summed E-state index contributed by atoms with van der Waals surface area (Å²) in [6.45, 7) is 3.37. The van der Waals surface area contributed by atoms with Gasteiger partial charge in [0.25, 0.3) is 5.91 Å². The molecule has 8 nitrogen and oxygen atoms in total. The first-order chi connectivity index (χ1) is 17.8. The zero-order chi connectivity index (χ0) is 26.9. The summed E-state index contributed by atoms with van der Waals surface area (Å²) >= 11 is 13.8. The van der Waals surface area contributed by atoms with E-state index in [1.807, 2.05) is 23.6 Å². The van der Waals surface area contributed by atoms with Gasteiger partial charge in [-0.3, -0.25) is 10.1 Å². The van der Waals surface area contributed by atoms with Crippen LogP contribution in [0.15, 0.2) is 41.5 Å². The van der Waals surface area contributed by atoms with Crippen LogP contribution in [0.25, 0.3) is 17.3 Å². The number of methoxy groups -OCH3 is 2. The second-order valence-electron chi connectivity index (χ2n) is 7.72. The SMILES string of the molecule is CCCOCCc1cccc(-c2csc(NC(=O)c3cc(Cl)c(C=C(OC)C(=O)O)c(Cl)c3)n2)c1OC. The normalized spacial score (nSPS) is 11.3. The van der Waals surface area contributed by atoms with Gasteiger partial charge in [0.1, 0.15) is 5.75 Å². The number of carbonyl (C=O) groups is 2. The first-order valence-corrected chi connectivity index (χ1v) is 12.9. The molecule has 0 saturated heterocycles. The van der Waals surface area contributed by atoms with Crippen LogP contribution in [0, 0.1) is 0 Å². The maximum Gasteiger partial charge on any atom is 0.371 e. The molecule has 0 spiro atoms. The molecule has 1 heterocycles. The van der Waals surface area contributed by atoms with Crippen LogP contribution < -0.4 is 10.1 Å². The molecule has 0 aliphatic rings. The highest BCUT2D eigenvalue weighted by atomic mass is 35.5. The molecule has 0 radical (unpaired) electrons. The highest BCUT2D eigenvalue weighted by Gasteiger charge is 2.18. The number of rotatable bonds is 12. The average Bonchev–Trinajstić information content (AvgIpc) is 3.34. The number of carboxylic acid groups (broad SMARTS) is 1. The fourth-order valence-electron chi connectivity index (χ4n) is 3.47. The van der Waals surface area contributed by atoms with Gasteiger partial charge < -0.3 is 19.3 Å². The number of hydrogen-bond donors (Lipinski definition) is 2. The molecule has 0 bridgehead atoms. The van der Waals surface area contributed by atoms with E-state index in [4.69, 9.17) is 42.5 Å². The van der Waals surface area contributed by atoms with Crippen LogP contribution in [-0.2, 0) is 20.7 Å². The standard InChI is InChI=1S/C26H26Cl2N2O6S/c1-4-9-36-10-8-15-6-5-7-17(23(15)35-3)21-14-37-26(29-21)30-24(31)16-11-19(27)18(20(28)12-16)13-22(34-2)25(32)33/h5-7,11-14H,4,8-10H2,1-3H3,(H,32,33)(H,29,30,31). The largest absolute Gasteiger partial charge is 0.496 e. The second kappa shape index (κ2) is 13.4. The molecular weight excluding hydrogens is 539 g/mol. The van der Waals surface area contributed by atoms with Crippen molar-refractivity contribution in [3.8, 4) is 17.0 Å².